The molecule has 0 aromatic heterocycles. The van der Waals surface area contributed by atoms with Crippen LogP contribution in [0, 0.1) is 0 Å². The van der Waals surface area contributed by atoms with Gasteiger partial charge in [0.25, 0.3) is 0 Å². The first-order chi connectivity index (χ1) is 8.49. The molecule has 8 nitrogen and oxygen atoms in total. The van der Waals surface area contributed by atoms with Crippen LogP contribution in [0.1, 0.15) is 6.92 Å². The van der Waals surface area contributed by atoms with Crippen molar-refractivity contribution in [3.63, 3.8) is 0 Å². The van der Waals surface area contributed by atoms with Crippen LogP contribution in [0.2, 0.25) is 0 Å². The Morgan fingerprint density at radius 3 is 1.83 bits per heavy atom. The molecule has 0 bridgehead atoms. The number of amides is 3. The first-order valence-electron chi connectivity index (χ1n) is 5.52. The number of nitrogens with zero attached hydrogens (tertiary/aromatic N) is 2. The second-order valence-electron chi connectivity index (χ2n) is 3.50. The van der Waals surface area contributed by atoms with Gasteiger partial charge in [-0.3, -0.25) is 19.3 Å². The molecule has 0 radical (unpaired) electrons. The van der Waals surface area contributed by atoms with Crippen LogP contribution in [-0.4, -0.2) is 77.1 Å². The summed E-state index contributed by atoms with van der Waals surface area (Å²) in [5, 5.41) is 17.5. The van der Waals surface area contributed by atoms with E-state index in [1.54, 1.807) is 0 Å². The fourth-order valence-electron chi connectivity index (χ4n) is 1.34. The molecule has 0 saturated heterocycles. The van der Waals surface area contributed by atoms with Crippen molar-refractivity contribution in [1.29, 1.82) is 0 Å². The maximum atomic E-state index is 11.8. The van der Waals surface area contributed by atoms with Crippen LogP contribution in [0.3, 0.4) is 0 Å². The molecule has 0 aliphatic heterocycles. The Balaban J connectivity index is 4.80. The van der Waals surface area contributed by atoms with Gasteiger partial charge in [0.15, 0.2) is 0 Å². The minimum atomic E-state index is -1.00. The number of hydrogen-bond donors (Lipinski definition) is 3. The predicted octanol–water partition coefficient (Wildman–Crippen LogP) is -2.87. The summed E-state index contributed by atoms with van der Waals surface area (Å²) < 4.78 is 0. The lowest BCUT2D eigenvalue weighted by Gasteiger charge is -2.24. The van der Waals surface area contributed by atoms with E-state index in [0.29, 0.717) is 0 Å². The van der Waals surface area contributed by atoms with Crippen molar-refractivity contribution in [2.75, 3.05) is 39.4 Å². The molecule has 0 aliphatic rings. The Hall–Kier alpha value is -1.51. The van der Waals surface area contributed by atoms with Gasteiger partial charge in [-0.05, 0) is 0 Å². The number of aliphatic hydroxyl groups is 2. The van der Waals surface area contributed by atoms with Crippen LogP contribution in [0.25, 0.3) is 0 Å². The quantitative estimate of drug-likeness (QED) is 0.442. The van der Waals surface area contributed by atoms with Gasteiger partial charge in [-0.25, -0.2) is 0 Å². The van der Waals surface area contributed by atoms with Crippen molar-refractivity contribution in [1.82, 2.24) is 9.80 Å². The first kappa shape index (κ1) is 16.5. The summed E-state index contributed by atoms with van der Waals surface area (Å²) >= 11 is 0. The van der Waals surface area contributed by atoms with E-state index < -0.39 is 17.7 Å². The van der Waals surface area contributed by atoms with Gasteiger partial charge in [0.1, 0.15) is 0 Å². The lowest BCUT2D eigenvalue weighted by Crippen LogP contribution is -2.49. The maximum Gasteiger partial charge on any atom is 0.318 e. The Morgan fingerprint density at radius 2 is 1.50 bits per heavy atom. The van der Waals surface area contributed by atoms with E-state index in [4.69, 9.17) is 15.9 Å². The second kappa shape index (κ2) is 8.56. The van der Waals surface area contributed by atoms with Gasteiger partial charge in [-0.1, -0.05) is 0 Å². The molecule has 8 heteroatoms. The fourth-order valence-corrected chi connectivity index (χ4v) is 1.34. The van der Waals surface area contributed by atoms with Crippen LogP contribution in [0.15, 0.2) is 0 Å². The molecule has 104 valence electrons. The van der Waals surface area contributed by atoms with E-state index in [-0.39, 0.29) is 39.4 Å². The molecule has 3 amide bonds. The SMILES string of the molecule is CC(=O)N(CCN)C(=O)C(=O)N(CCO)CCO. The third-order valence-electron chi connectivity index (χ3n) is 2.19. The van der Waals surface area contributed by atoms with E-state index in [9.17, 15) is 14.4 Å². The molecule has 0 saturated carbocycles. The van der Waals surface area contributed by atoms with Crippen molar-refractivity contribution >= 4 is 17.7 Å². The lowest BCUT2D eigenvalue weighted by molar-refractivity contribution is -0.156. The summed E-state index contributed by atoms with van der Waals surface area (Å²) in [6.45, 7) is 0.318. The highest BCUT2D eigenvalue weighted by Crippen LogP contribution is 1.97. The molecule has 18 heavy (non-hydrogen) atoms. The third-order valence-corrected chi connectivity index (χ3v) is 2.19. The minimum absolute atomic E-state index is 0.0496. The van der Waals surface area contributed by atoms with Crippen LogP contribution in [0.4, 0.5) is 0 Å². The molecular formula is C10H19N3O5. The van der Waals surface area contributed by atoms with Crippen LogP contribution < -0.4 is 5.73 Å². The van der Waals surface area contributed by atoms with E-state index in [1.165, 1.54) is 0 Å². The molecule has 0 aliphatic carbocycles. The number of hydrogen-bond acceptors (Lipinski definition) is 6. The Labute approximate surface area is 105 Å². The lowest BCUT2D eigenvalue weighted by atomic mass is 10.3. The summed E-state index contributed by atoms with van der Waals surface area (Å²) in [6, 6.07) is 0. The van der Waals surface area contributed by atoms with Crippen molar-refractivity contribution < 1.29 is 24.6 Å². The number of nitrogens with two attached hydrogens (primary N) is 1. The van der Waals surface area contributed by atoms with E-state index >= 15 is 0 Å². The van der Waals surface area contributed by atoms with Crippen molar-refractivity contribution in [2.24, 2.45) is 5.73 Å². The zero-order valence-corrected chi connectivity index (χ0v) is 10.3. The second-order valence-corrected chi connectivity index (χ2v) is 3.50. The Morgan fingerprint density at radius 1 is 1.00 bits per heavy atom. The predicted molar refractivity (Wildman–Crippen MR) is 62.2 cm³/mol. The normalized spacial score (nSPS) is 10.0. The maximum absolute atomic E-state index is 11.8. The Bertz CT molecular complexity index is 302. The van der Waals surface area contributed by atoms with Gasteiger partial charge < -0.3 is 20.8 Å². The molecular weight excluding hydrogens is 242 g/mol. The van der Waals surface area contributed by atoms with Crippen molar-refractivity contribution in [2.45, 2.75) is 6.92 Å². The molecule has 0 unspecified atom stereocenters. The number of carbonyl (C=O) groups is 3. The zero-order valence-electron chi connectivity index (χ0n) is 10.3. The highest BCUT2D eigenvalue weighted by molar-refractivity contribution is 6.37. The van der Waals surface area contributed by atoms with Crippen molar-refractivity contribution in [3.05, 3.63) is 0 Å². The van der Waals surface area contributed by atoms with E-state index in [0.717, 1.165) is 16.7 Å². The molecule has 0 spiro atoms. The molecule has 4 N–H and O–H groups in total. The highest BCUT2D eigenvalue weighted by Gasteiger charge is 2.28. The summed E-state index contributed by atoms with van der Waals surface area (Å²) in [5.41, 5.74) is 5.25. The number of imide groups is 1. The molecule has 0 aromatic rings. The number of rotatable bonds is 6. The topological polar surface area (TPSA) is 124 Å². The van der Waals surface area contributed by atoms with Gasteiger partial charge in [0, 0.05) is 33.1 Å². The number of carbonyl (C=O) groups excluding carboxylic acids is 3. The highest BCUT2D eigenvalue weighted by atomic mass is 16.3. The summed E-state index contributed by atoms with van der Waals surface area (Å²) in [5.74, 6) is -2.52. The van der Waals surface area contributed by atoms with Gasteiger partial charge in [-0.15, -0.1) is 0 Å². The molecule has 0 rings (SSSR count). The monoisotopic (exact) mass is 261 g/mol. The van der Waals surface area contributed by atoms with Crippen LogP contribution >= 0.6 is 0 Å². The number of aliphatic hydroxyl groups excluding tert-OH is 2. The first-order valence-corrected chi connectivity index (χ1v) is 5.52. The molecule has 0 heterocycles. The molecule has 0 atom stereocenters. The molecule has 0 fully saturated rings. The van der Waals surface area contributed by atoms with Crippen molar-refractivity contribution in [3.8, 4) is 0 Å². The Kier molecular flexibility index (Phi) is 7.84. The van der Waals surface area contributed by atoms with Crippen LogP contribution in [0.5, 0.6) is 0 Å². The van der Waals surface area contributed by atoms with E-state index in [2.05, 4.69) is 0 Å². The van der Waals surface area contributed by atoms with Gasteiger partial charge in [0.2, 0.25) is 5.91 Å². The average molecular weight is 261 g/mol. The standard InChI is InChI=1S/C10H19N3O5/c1-8(16)13(3-2-11)10(18)9(17)12(4-6-14)5-7-15/h14-15H,2-7,11H2,1H3. The minimum Gasteiger partial charge on any atom is -0.395 e. The summed E-state index contributed by atoms with van der Waals surface area (Å²) in [6.07, 6.45) is 0. The van der Waals surface area contributed by atoms with Gasteiger partial charge in [0.05, 0.1) is 13.2 Å². The summed E-state index contributed by atoms with van der Waals surface area (Å²) in [7, 11) is 0. The largest absolute Gasteiger partial charge is 0.395 e. The smallest absolute Gasteiger partial charge is 0.318 e. The van der Waals surface area contributed by atoms with Crippen LogP contribution in [-0.2, 0) is 14.4 Å². The zero-order chi connectivity index (χ0) is 14.1. The fraction of sp³-hybridized carbons (Fsp3) is 0.700. The average Bonchev–Trinajstić information content (AvgIpc) is 2.33. The van der Waals surface area contributed by atoms with Gasteiger partial charge in [-0.2, -0.15) is 0 Å². The van der Waals surface area contributed by atoms with E-state index in [1.807, 2.05) is 0 Å². The van der Waals surface area contributed by atoms with Gasteiger partial charge >= 0.3 is 11.8 Å². The third kappa shape index (κ3) is 4.78. The molecule has 0 aromatic carbocycles. The summed E-state index contributed by atoms with van der Waals surface area (Å²) in [4.78, 5) is 36.4.